The average Bonchev–Trinajstić information content (AvgIpc) is 2.61. The van der Waals surface area contributed by atoms with Gasteiger partial charge in [-0.25, -0.2) is 0 Å². The van der Waals surface area contributed by atoms with E-state index in [1.165, 1.54) is 11.1 Å². The molecule has 1 fully saturated rings. The number of hydrogen-bond acceptors (Lipinski definition) is 2. The topological polar surface area (TPSA) is 6.48 Å². The lowest BCUT2D eigenvalue weighted by Crippen LogP contribution is -2.46. The molecule has 1 heterocycles. The van der Waals surface area contributed by atoms with Gasteiger partial charge in [0.2, 0.25) is 0 Å². The van der Waals surface area contributed by atoms with Crippen molar-refractivity contribution in [2.45, 2.75) is 19.9 Å². The van der Waals surface area contributed by atoms with E-state index >= 15 is 0 Å². The minimum Gasteiger partial charge on any atom is -0.304 e. The van der Waals surface area contributed by atoms with E-state index < -0.39 is 0 Å². The van der Waals surface area contributed by atoms with Crippen LogP contribution in [-0.4, -0.2) is 43.0 Å². The smallest absolute Gasteiger partial charge is 0.0602 e. The van der Waals surface area contributed by atoms with E-state index in [0.717, 1.165) is 31.2 Å². The van der Waals surface area contributed by atoms with Crippen LogP contribution < -0.4 is 0 Å². The van der Waals surface area contributed by atoms with Crippen LogP contribution in [0.25, 0.3) is 0 Å². The second-order valence-corrected chi connectivity index (χ2v) is 6.14. The van der Waals surface area contributed by atoms with Gasteiger partial charge in [-0.15, -0.1) is 0 Å². The largest absolute Gasteiger partial charge is 0.304 e. The van der Waals surface area contributed by atoms with E-state index in [1.54, 1.807) is 0 Å². The fourth-order valence-corrected chi connectivity index (χ4v) is 3.10. The van der Waals surface area contributed by atoms with Gasteiger partial charge in [-0.1, -0.05) is 67.9 Å². The molecule has 1 atom stereocenters. The van der Waals surface area contributed by atoms with Crippen LogP contribution in [0.1, 0.15) is 31.0 Å². The highest BCUT2D eigenvalue weighted by molar-refractivity contribution is 6.30. The second kappa shape index (κ2) is 9.07. The summed E-state index contributed by atoms with van der Waals surface area (Å²) in [5.41, 5.74) is 2.67. The lowest BCUT2D eigenvalue weighted by Gasteiger charge is -2.38. The van der Waals surface area contributed by atoms with E-state index in [9.17, 15) is 0 Å². The van der Waals surface area contributed by atoms with Crippen molar-refractivity contribution in [3.05, 3.63) is 70.7 Å². The highest BCUT2D eigenvalue weighted by Crippen LogP contribution is 2.30. The lowest BCUT2D eigenvalue weighted by atomic mass is 9.96. The zero-order chi connectivity index (χ0) is 16.7. The molecule has 2 aromatic rings. The van der Waals surface area contributed by atoms with E-state index in [4.69, 9.17) is 11.6 Å². The Morgan fingerprint density at radius 3 is 1.87 bits per heavy atom. The molecule has 3 rings (SSSR count). The van der Waals surface area contributed by atoms with Crippen molar-refractivity contribution in [2.75, 3.05) is 33.2 Å². The standard InChI is InChI=1S/C18H21ClN2.C2H6/c1-20-11-13-21(14-12-20)18(15-5-3-2-4-6-15)16-7-9-17(19)10-8-16;1-2/h2-10,18H,11-14H2,1H3;1-2H3. The Morgan fingerprint density at radius 1 is 0.783 bits per heavy atom. The molecule has 1 unspecified atom stereocenters. The third-order valence-corrected chi connectivity index (χ3v) is 4.46. The molecule has 0 bridgehead atoms. The van der Waals surface area contributed by atoms with Gasteiger partial charge in [-0.3, -0.25) is 4.90 Å². The van der Waals surface area contributed by atoms with E-state index in [-0.39, 0.29) is 0 Å². The molecule has 0 N–H and O–H groups in total. The number of piperazine rings is 1. The number of nitrogens with zero attached hydrogens (tertiary/aromatic N) is 2. The summed E-state index contributed by atoms with van der Waals surface area (Å²) in [5.74, 6) is 0. The monoisotopic (exact) mass is 330 g/mol. The van der Waals surface area contributed by atoms with Gasteiger partial charge in [-0.2, -0.15) is 0 Å². The molecule has 0 radical (unpaired) electrons. The first-order valence-electron chi connectivity index (χ1n) is 8.47. The van der Waals surface area contributed by atoms with Crippen LogP contribution in [-0.2, 0) is 0 Å². The van der Waals surface area contributed by atoms with E-state index in [2.05, 4.69) is 59.3 Å². The third-order valence-electron chi connectivity index (χ3n) is 4.20. The fraction of sp³-hybridized carbons (Fsp3) is 0.400. The summed E-state index contributed by atoms with van der Waals surface area (Å²) in [6.45, 7) is 8.44. The Kier molecular flexibility index (Phi) is 7.10. The molecule has 0 aliphatic carbocycles. The molecule has 1 aliphatic heterocycles. The molecular weight excluding hydrogens is 304 g/mol. The fourth-order valence-electron chi connectivity index (χ4n) is 2.97. The molecule has 0 spiro atoms. The second-order valence-electron chi connectivity index (χ2n) is 5.70. The van der Waals surface area contributed by atoms with Crippen molar-refractivity contribution in [2.24, 2.45) is 0 Å². The maximum atomic E-state index is 6.05. The zero-order valence-electron chi connectivity index (χ0n) is 14.4. The van der Waals surface area contributed by atoms with Gasteiger partial charge in [0.25, 0.3) is 0 Å². The van der Waals surface area contributed by atoms with Crippen molar-refractivity contribution >= 4 is 11.6 Å². The summed E-state index contributed by atoms with van der Waals surface area (Å²) in [6, 6.07) is 19.4. The summed E-state index contributed by atoms with van der Waals surface area (Å²) in [5, 5.41) is 0.795. The van der Waals surface area contributed by atoms with Gasteiger partial charge in [0.15, 0.2) is 0 Å². The number of likely N-dealkylation sites (N-methyl/N-ethyl adjacent to an activating group) is 1. The normalized spacial score (nSPS) is 17.2. The number of hydrogen-bond donors (Lipinski definition) is 0. The van der Waals surface area contributed by atoms with E-state index in [0.29, 0.717) is 6.04 Å². The molecule has 0 saturated carbocycles. The molecule has 0 aromatic heterocycles. The minimum atomic E-state index is 0.317. The summed E-state index contributed by atoms with van der Waals surface area (Å²) >= 11 is 6.05. The Morgan fingerprint density at radius 2 is 1.30 bits per heavy atom. The predicted octanol–water partition coefficient (Wildman–Crippen LogP) is 4.70. The Balaban J connectivity index is 0.000000924. The zero-order valence-corrected chi connectivity index (χ0v) is 15.1. The van der Waals surface area contributed by atoms with Crippen LogP contribution in [0.5, 0.6) is 0 Å². The van der Waals surface area contributed by atoms with Crippen LogP contribution in [0, 0.1) is 0 Å². The first-order valence-corrected chi connectivity index (χ1v) is 8.85. The molecule has 2 nitrogen and oxygen atoms in total. The molecule has 1 aliphatic rings. The van der Waals surface area contributed by atoms with Crippen LogP contribution in [0.3, 0.4) is 0 Å². The third kappa shape index (κ3) is 4.81. The molecular formula is C20H27ClN2. The highest BCUT2D eigenvalue weighted by atomic mass is 35.5. The Bertz CT molecular complexity index is 560. The summed E-state index contributed by atoms with van der Waals surface area (Å²) < 4.78 is 0. The van der Waals surface area contributed by atoms with Crippen LogP contribution >= 0.6 is 11.6 Å². The summed E-state index contributed by atoms with van der Waals surface area (Å²) in [7, 11) is 2.19. The lowest BCUT2D eigenvalue weighted by molar-refractivity contribution is 0.127. The first kappa shape index (κ1) is 18.0. The van der Waals surface area contributed by atoms with Crippen LogP contribution in [0.2, 0.25) is 5.02 Å². The average molecular weight is 331 g/mol. The SMILES string of the molecule is CC.CN1CCN(C(c2ccccc2)c2ccc(Cl)cc2)CC1. The molecule has 1 saturated heterocycles. The summed E-state index contributed by atoms with van der Waals surface area (Å²) in [4.78, 5) is 4.96. The molecule has 3 heteroatoms. The molecule has 124 valence electrons. The minimum absolute atomic E-state index is 0.317. The van der Waals surface area contributed by atoms with Crippen molar-refractivity contribution < 1.29 is 0 Å². The van der Waals surface area contributed by atoms with Crippen LogP contribution in [0.15, 0.2) is 54.6 Å². The van der Waals surface area contributed by atoms with Gasteiger partial charge >= 0.3 is 0 Å². The summed E-state index contributed by atoms with van der Waals surface area (Å²) in [6.07, 6.45) is 0. The van der Waals surface area contributed by atoms with Crippen molar-refractivity contribution in [3.8, 4) is 0 Å². The molecule has 2 aromatic carbocycles. The number of benzene rings is 2. The van der Waals surface area contributed by atoms with Gasteiger partial charge in [0.1, 0.15) is 0 Å². The van der Waals surface area contributed by atoms with Crippen molar-refractivity contribution in [1.29, 1.82) is 0 Å². The van der Waals surface area contributed by atoms with Crippen LogP contribution in [0.4, 0.5) is 0 Å². The van der Waals surface area contributed by atoms with Gasteiger partial charge in [-0.05, 0) is 30.3 Å². The van der Waals surface area contributed by atoms with Gasteiger partial charge in [0.05, 0.1) is 6.04 Å². The first-order chi connectivity index (χ1) is 11.2. The van der Waals surface area contributed by atoms with Gasteiger partial charge < -0.3 is 4.90 Å². The number of halogens is 1. The maximum Gasteiger partial charge on any atom is 0.0602 e. The Hall–Kier alpha value is -1.35. The Labute approximate surface area is 145 Å². The predicted molar refractivity (Wildman–Crippen MR) is 100 cm³/mol. The van der Waals surface area contributed by atoms with E-state index in [1.807, 2.05) is 26.0 Å². The maximum absolute atomic E-state index is 6.05. The van der Waals surface area contributed by atoms with Crippen molar-refractivity contribution in [3.63, 3.8) is 0 Å². The quantitative estimate of drug-likeness (QED) is 0.804. The van der Waals surface area contributed by atoms with Gasteiger partial charge in [0, 0.05) is 31.2 Å². The molecule has 23 heavy (non-hydrogen) atoms. The highest BCUT2D eigenvalue weighted by Gasteiger charge is 2.25. The number of rotatable bonds is 3. The molecule has 0 amide bonds. The van der Waals surface area contributed by atoms with Crippen molar-refractivity contribution in [1.82, 2.24) is 9.80 Å².